The van der Waals surface area contributed by atoms with Gasteiger partial charge in [0.1, 0.15) is 0 Å². The molecule has 0 radical (unpaired) electrons. The predicted octanol–water partition coefficient (Wildman–Crippen LogP) is 0.216. The molecule has 0 fully saturated rings. The van der Waals surface area contributed by atoms with Crippen molar-refractivity contribution in [3.63, 3.8) is 0 Å². The summed E-state index contributed by atoms with van der Waals surface area (Å²) >= 11 is 1.58. The van der Waals surface area contributed by atoms with Crippen LogP contribution in [0.5, 0.6) is 0 Å². The average Bonchev–Trinajstić information content (AvgIpc) is 2.33. The summed E-state index contributed by atoms with van der Waals surface area (Å²) in [5.74, 6) is 0.167. The molecule has 0 aromatic rings. The molecule has 3 heteroatoms. The fourth-order valence-corrected chi connectivity index (χ4v) is 1.79. The lowest BCUT2D eigenvalue weighted by atomic mass is 10.1. The lowest BCUT2D eigenvalue weighted by molar-refractivity contribution is 0.216. The van der Waals surface area contributed by atoms with Crippen LogP contribution in [0.4, 0.5) is 0 Å². The van der Waals surface area contributed by atoms with Gasteiger partial charge in [0.2, 0.25) is 0 Å². The minimum atomic E-state index is 0.148. The molecule has 0 saturated heterocycles. The molecular formula is C6H10O2S. The van der Waals surface area contributed by atoms with E-state index >= 15 is 0 Å². The first kappa shape index (κ1) is 7.12. The Labute approximate surface area is 58.6 Å². The van der Waals surface area contributed by atoms with Crippen LogP contribution in [0.15, 0.2) is 11.5 Å². The second kappa shape index (κ2) is 3.25. The van der Waals surface area contributed by atoms with Crippen molar-refractivity contribution in [2.75, 3.05) is 13.2 Å². The fraction of sp³-hybridized carbons (Fsp3) is 0.667. The molecule has 2 unspecified atom stereocenters. The Morgan fingerprint density at radius 3 is 2.56 bits per heavy atom. The van der Waals surface area contributed by atoms with Gasteiger partial charge in [0.25, 0.3) is 0 Å². The van der Waals surface area contributed by atoms with Gasteiger partial charge in [-0.1, -0.05) is 6.08 Å². The topological polar surface area (TPSA) is 40.5 Å². The Morgan fingerprint density at radius 2 is 2.11 bits per heavy atom. The SMILES string of the molecule is OCC1C=CSC1CO. The second-order valence-corrected chi connectivity index (χ2v) is 3.18. The van der Waals surface area contributed by atoms with Crippen LogP contribution in [-0.2, 0) is 0 Å². The third-order valence-corrected chi connectivity index (χ3v) is 2.61. The van der Waals surface area contributed by atoms with Crippen molar-refractivity contribution >= 4 is 11.8 Å². The van der Waals surface area contributed by atoms with Crippen molar-refractivity contribution in [1.82, 2.24) is 0 Å². The van der Waals surface area contributed by atoms with Crippen molar-refractivity contribution in [2.24, 2.45) is 5.92 Å². The minimum absolute atomic E-state index is 0.148. The molecule has 1 heterocycles. The summed E-state index contributed by atoms with van der Waals surface area (Å²) in [5.41, 5.74) is 0. The first-order valence-electron chi connectivity index (χ1n) is 2.92. The van der Waals surface area contributed by atoms with Gasteiger partial charge in [-0.25, -0.2) is 0 Å². The summed E-state index contributed by atoms with van der Waals surface area (Å²) in [6.07, 6.45) is 1.94. The summed E-state index contributed by atoms with van der Waals surface area (Å²) in [6.45, 7) is 0.303. The lowest BCUT2D eigenvalue weighted by Crippen LogP contribution is -2.18. The van der Waals surface area contributed by atoms with Gasteiger partial charge in [0, 0.05) is 11.2 Å². The molecule has 0 amide bonds. The largest absolute Gasteiger partial charge is 0.396 e. The molecule has 2 nitrogen and oxygen atoms in total. The summed E-state index contributed by atoms with van der Waals surface area (Å²) in [5, 5.41) is 19.5. The Hall–Kier alpha value is 0.01000. The molecule has 1 aliphatic rings. The van der Waals surface area contributed by atoms with Gasteiger partial charge in [-0.3, -0.25) is 0 Å². The molecule has 0 aromatic heterocycles. The third-order valence-electron chi connectivity index (χ3n) is 1.45. The molecular weight excluding hydrogens is 136 g/mol. The molecule has 0 spiro atoms. The third kappa shape index (κ3) is 1.47. The molecule has 2 atom stereocenters. The van der Waals surface area contributed by atoms with E-state index in [1.54, 1.807) is 11.8 Å². The molecule has 9 heavy (non-hydrogen) atoms. The van der Waals surface area contributed by atoms with Gasteiger partial charge >= 0.3 is 0 Å². The van der Waals surface area contributed by atoms with E-state index in [1.165, 1.54) is 0 Å². The summed E-state index contributed by atoms with van der Waals surface area (Å²) < 4.78 is 0. The Kier molecular flexibility index (Phi) is 2.57. The van der Waals surface area contributed by atoms with Gasteiger partial charge in [-0.2, -0.15) is 0 Å². The van der Waals surface area contributed by atoms with Crippen LogP contribution in [0.3, 0.4) is 0 Å². The second-order valence-electron chi connectivity index (χ2n) is 2.03. The van der Waals surface area contributed by atoms with Crippen molar-refractivity contribution in [2.45, 2.75) is 5.25 Å². The monoisotopic (exact) mass is 146 g/mol. The van der Waals surface area contributed by atoms with Crippen molar-refractivity contribution < 1.29 is 10.2 Å². The van der Waals surface area contributed by atoms with Gasteiger partial charge in [-0.15, -0.1) is 11.8 Å². The van der Waals surface area contributed by atoms with E-state index in [-0.39, 0.29) is 24.4 Å². The van der Waals surface area contributed by atoms with Crippen LogP contribution in [-0.4, -0.2) is 28.7 Å². The fourth-order valence-electron chi connectivity index (χ4n) is 0.829. The highest BCUT2D eigenvalue weighted by molar-refractivity contribution is 8.03. The van der Waals surface area contributed by atoms with E-state index in [4.69, 9.17) is 10.2 Å². The predicted molar refractivity (Wildman–Crippen MR) is 38.2 cm³/mol. The molecule has 0 bridgehead atoms. The quantitative estimate of drug-likeness (QED) is 0.585. The van der Waals surface area contributed by atoms with E-state index in [0.29, 0.717) is 0 Å². The molecule has 0 aliphatic carbocycles. The van der Waals surface area contributed by atoms with Crippen molar-refractivity contribution in [3.05, 3.63) is 11.5 Å². The Morgan fingerprint density at radius 1 is 1.33 bits per heavy atom. The summed E-state index contributed by atoms with van der Waals surface area (Å²) in [6, 6.07) is 0. The number of hydrogen-bond acceptors (Lipinski definition) is 3. The highest BCUT2D eigenvalue weighted by Gasteiger charge is 2.21. The molecule has 52 valence electrons. The van der Waals surface area contributed by atoms with Gasteiger partial charge < -0.3 is 10.2 Å². The first-order valence-corrected chi connectivity index (χ1v) is 3.86. The van der Waals surface area contributed by atoms with Crippen LogP contribution in [0.2, 0.25) is 0 Å². The number of rotatable bonds is 2. The number of thioether (sulfide) groups is 1. The molecule has 0 saturated carbocycles. The Balaban J connectivity index is 2.39. The van der Waals surface area contributed by atoms with Crippen LogP contribution < -0.4 is 0 Å². The van der Waals surface area contributed by atoms with Crippen molar-refractivity contribution in [3.8, 4) is 0 Å². The van der Waals surface area contributed by atoms with Crippen LogP contribution in [0.25, 0.3) is 0 Å². The molecule has 0 aromatic carbocycles. The van der Waals surface area contributed by atoms with E-state index in [0.717, 1.165) is 0 Å². The van der Waals surface area contributed by atoms with Gasteiger partial charge in [-0.05, 0) is 5.41 Å². The molecule has 1 aliphatic heterocycles. The van der Waals surface area contributed by atoms with Crippen LogP contribution >= 0.6 is 11.8 Å². The van der Waals surface area contributed by atoms with E-state index in [1.807, 2.05) is 11.5 Å². The maximum atomic E-state index is 8.70. The van der Waals surface area contributed by atoms with Crippen molar-refractivity contribution in [1.29, 1.82) is 0 Å². The average molecular weight is 146 g/mol. The van der Waals surface area contributed by atoms with E-state index < -0.39 is 0 Å². The zero-order chi connectivity index (χ0) is 6.69. The Bertz CT molecular complexity index is 114. The van der Waals surface area contributed by atoms with E-state index in [9.17, 15) is 0 Å². The summed E-state index contributed by atoms with van der Waals surface area (Å²) in [7, 11) is 0. The van der Waals surface area contributed by atoms with Gasteiger partial charge in [0.05, 0.1) is 13.2 Å². The van der Waals surface area contributed by atoms with Crippen LogP contribution in [0, 0.1) is 5.92 Å². The maximum absolute atomic E-state index is 8.70. The zero-order valence-electron chi connectivity index (χ0n) is 5.03. The smallest absolute Gasteiger partial charge is 0.0559 e. The van der Waals surface area contributed by atoms with E-state index in [2.05, 4.69) is 0 Å². The highest BCUT2D eigenvalue weighted by Crippen LogP contribution is 2.28. The standard InChI is InChI=1S/C6H10O2S/c7-3-5-1-2-9-6(5)4-8/h1-2,5-8H,3-4H2. The molecule has 2 N–H and O–H groups in total. The minimum Gasteiger partial charge on any atom is -0.396 e. The van der Waals surface area contributed by atoms with Gasteiger partial charge in [0.15, 0.2) is 0 Å². The summed E-state index contributed by atoms with van der Waals surface area (Å²) in [4.78, 5) is 0. The normalized spacial score (nSPS) is 33.6. The number of hydrogen-bond donors (Lipinski definition) is 2. The zero-order valence-corrected chi connectivity index (χ0v) is 5.84. The maximum Gasteiger partial charge on any atom is 0.0559 e. The molecule has 1 rings (SSSR count). The van der Waals surface area contributed by atoms with Crippen LogP contribution in [0.1, 0.15) is 0 Å². The lowest BCUT2D eigenvalue weighted by Gasteiger charge is -2.11. The highest BCUT2D eigenvalue weighted by atomic mass is 32.2. The number of aliphatic hydroxyl groups excluding tert-OH is 2. The number of aliphatic hydroxyl groups is 2. The first-order chi connectivity index (χ1) is 4.38.